The molecule has 16 heavy (non-hydrogen) atoms. The zero-order chi connectivity index (χ0) is 12.0. The first kappa shape index (κ1) is 12.3. The van der Waals surface area contributed by atoms with Crippen LogP contribution in [-0.2, 0) is 20.7 Å². The number of phenols is 1. The van der Waals surface area contributed by atoms with Gasteiger partial charge in [-0.15, -0.1) is 0 Å². The lowest BCUT2D eigenvalue weighted by atomic mass is 10.1. The average Bonchev–Trinajstić information content (AvgIpc) is 2.29. The van der Waals surface area contributed by atoms with E-state index in [1.807, 2.05) is 0 Å². The van der Waals surface area contributed by atoms with Gasteiger partial charge in [0.1, 0.15) is 0 Å². The van der Waals surface area contributed by atoms with E-state index in [4.69, 9.17) is 9.47 Å². The summed E-state index contributed by atoms with van der Waals surface area (Å²) in [5.74, 6) is -0.0249. The summed E-state index contributed by atoms with van der Waals surface area (Å²) in [4.78, 5) is 11.3. The fraction of sp³-hybridized carbons (Fsp3) is 0.364. The number of aromatic hydroxyl groups is 1. The Labute approximate surface area is 93.6 Å². The number of phenolic OH excluding ortho intramolecular Hbond substituents is 1. The monoisotopic (exact) mass is 226 g/mol. The molecule has 0 saturated carbocycles. The van der Waals surface area contributed by atoms with E-state index in [2.05, 4.69) is 4.74 Å². The van der Waals surface area contributed by atoms with Crippen molar-refractivity contribution in [3.05, 3.63) is 23.8 Å². The Balaban J connectivity index is 2.63. The highest BCUT2D eigenvalue weighted by molar-refractivity contribution is 5.72. The van der Waals surface area contributed by atoms with Crippen LogP contribution in [0, 0.1) is 0 Å². The maximum Gasteiger partial charge on any atom is 0.312 e. The summed E-state index contributed by atoms with van der Waals surface area (Å²) >= 11 is 0. The molecule has 0 aliphatic carbocycles. The van der Waals surface area contributed by atoms with Crippen LogP contribution >= 0.6 is 0 Å². The predicted octanol–water partition coefficient (Wildman–Crippen LogP) is 1.09. The molecule has 0 radical (unpaired) electrons. The largest absolute Gasteiger partial charge is 0.504 e. The minimum absolute atomic E-state index is 0.0384. The maximum absolute atomic E-state index is 11.3. The molecule has 0 aromatic heterocycles. The molecule has 5 heteroatoms. The summed E-state index contributed by atoms with van der Waals surface area (Å²) in [6, 6.07) is 4.69. The van der Waals surface area contributed by atoms with Crippen molar-refractivity contribution >= 4 is 5.97 Å². The van der Waals surface area contributed by atoms with Gasteiger partial charge in [-0.25, -0.2) is 0 Å². The molecular formula is C11H14O5. The van der Waals surface area contributed by atoms with Crippen molar-refractivity contribution in [2.24, 2.45) is 0 Å². The number of methoxy groups -OCH3 is 2. The quantitative estimate of drug-likeness (QED) is 0.601. The van der Waals surface area contributed by atoms with E-state index in [0.29, 0.717) is 11.3 Å². The maximum atomic E-state index is 11.3. The topological polar surface area (TPSA) is 65.0 Å². The lowest BCUT2D eigenvalue weighted by molar-refractivity contribution is -0.153. The number of ether oxygens (including phenoxy) is 3. The van der Waals surface area contributed by atoms with Gasteiger partial charge in [-0.05, 0) is 17.7 Å². The third kappa shape index (κ3) is 3.43. The molecule has 0 spiro atoms. The normalized spacial score (nSPS) is 9.88. The second-order valence-electron chi connectivity index (χ2n) is 3.11. The van der Waals surface area contributed by atoms with Gasteiger partial charge in [0.2, 0.25) is 0 Å². The second-order valence-corrected chi connectivity index (χ2v) is 3.11. The Bertz CT molecular complexity index is 361. The molecular weight excluding hydrogens is 212 g/mol. The Morgan fingerprint density at radius 2 is 2.12 bits per heavy atom. The smallest absolute Gasteiger partial charge is 0.312 e. The Morgan fingerprint density at radius 1 is 1.38 bits per heavy atom. The highest BCUT2D eigenvalue weighted by Crippen LogP contribution is 2.26. The van der Waals surface area contributed by atoms with Crippen LogP contribution in [0.5, 0.6) is 11.5 Å². The summed E-state index contributed by atoms with van der Waals surface area (Å²) in [7, 11) is 2.89. The van der Waals surface area contributed by atoms with E-state index in [1.165, 1.54) is 20.3 Å². The van der Waals surface area contributed by atoms with E-state index in [9.17, 15) is 9.90 Å². The van der Waals surface area contributed by atoms with E-state index < -0.39 is 5.97 Å². The van der Waals surface area contributed by atoms with Crippen LogP contribution in [0.1, 0.15) is 5.56 Å². The molecule has 0 aliphatic heterocycles. The predicted molar refractivity (Wildman–Crippen MR) is 56.3 cm³/mol. The Hall–Kier alpha value is -1.75. The van der Waals surface area contributed by atoms with E-state index >= 15 is 0 Å². The molecule has 0 heterocycles. The standard InChI is InChI=1S/C11H14O5/c1-14-7-16-11(13)6-8-3-4-9(12)10(5-8)15-2/h3-5,12H,6-7H2,1-2H3. The zero-order valence-corrected chi connectivity index (χ0v) is 9.23. The van der Waals surface area contributed by atoms with Gasteiger partial charge in [-0.3, -0.25) is 4.79 Å². The van der Waals surface area contributed by atoms with Crippen molar-refractivity contribution in [3.63, 3.8) is 0 Å². The van der Waals surface area contributed by atoms with Crippen LogP contribution in [0.15, 0.2) is 18.2 Å². The first-order chi connectivity index (χ1) is 7.67. The summed E-state index contributed by atoms with van der Waals surface area (Å²) in [5.41, 5.74) is 0.704. The van der Waals surface area contributed by atoms with Gasteiger partial charge in [-0.2, -0.15) is 0 Å². The summed E-state index contributed by atoms with van der Waals surface area (Å²) in [5, 5.41) is 9.35. The molecule has 1 N–H and O–H groups in total. The fourth-order valence-corrected chi connectivity index (χ4v) is 1.17. The molecule has 1 aromatic rings. The highest BCUT2D eigenvalue weighted by Gasteiger charge is 2.07. The molecule has 0 saturated heterocycles. The van der Waals surface area contributed by atoms with E-state index in [0.717, 1.165) is 0 Å². The fourth-order valence-electron chi connectivity index (χ4n) is 1.17. The van der Waals surface area contributed by atoms with Gasteiger partial charge < -0.3 is 19.3 Å². The molecule has 88 valence electrons. The summed E-state index contributed by atoms with van der Waals surface area (Å²) in [6.07, 6.45) is 0.111. The lowest BCUT2D eigenvalue weighted by Crippen LogP contribution is -2.09. The van der Waals surface area contributed by atoms with Crippen molar-refractivity contribution in [1.29, 1.82) is 0 Å². The van der Waals surface area contributed by atoms with Crippen LogP contribution in [0.25, 0.3) is 0 Å². The molecule has 0 atom stereocenters. The van der Waals surface area contributed by atoms with Crippen molar-refractivity contribution in [3.8, 4) is 11.5 Å². The number of rotatable bonds is 5. The summed E-state index contributed by atoms with van der Waals surface area (Å²) < 4.78 is 14.3. The summed E-state index contributed by atoms with van der Waals surface area (Å²) in [6.45, 7) is -0.0615. The molecule has 1 rings (SSSR count). The van der Waals surface area contributed by atoms with Crippen LogP contribution in [0.4, 0.5) is 0 Å². The van der Waals surface area contributed by atoms with Crippen molar-refractivity contribution in [2.45, 2.75) is 6.42 Å². The molecule has 1 aromatic carbocycles. The Kier molecular flexibility index (Phi) is 4.60. The van der Waals surface area contributed by atoms with E-state index in [1.54, 1.807) is 12.1 Å². The van der Waals surface area contributed by atoms with Crippen molar-refractivity contribution in [2.75, 3.05) is 21.0 Å². The average molecular weight is 226 g/mol. The third-order valence-corrected chi connectivity index (χ3v) is 1.93. The molecule has 5 nitrogen and oxygen atoms in total. The van der Waals surface area contributed by atoms with Crippen molar-refractivity contribution < 1.29 is 24.1 Å². The van der Waals surface area contributed by atoms with E-state index in [-0.39, 0.29) is 19.0 Å². The molecule has 0 unspecified atom stereocenters. The number of hydrogen-bond acceptors (Lipinski definition) is 5. The minimum Gasteiger partial charge on any atom is -0.504 e. The van der Waals surface area contributed by atoms with Gasteiger partial charge in [0.25, 0.3) is 0 Å². The number of esters is 1. The number of carbonyl (C=O) groups is 1. The van der Waals surface area contributed by atoms with Gasteiger partial charge in [-0.1, -0.05) is 6.07 Å². The number of carbonyl (C=O) groups excluding carboxylic acids is 1. The second kappa shape index (κ2) is 5.97. The first-order valence-corrected chi connectivity index (χ1v) is 4.67. The number of benzene rings is 1. The lowest BCUT2D eigenvalue weighted by Gasteiger charge is -2.06. The van der Waals surface area contributed by atoms with Gasteiger partial charge >= 0.3 is 5.97 Å². The van der Waals surface area contributed by atoms with Crippen LogP contribution < -0.4 is 4.74 Å². The van der Waals surface area contributed by atoms with Gasteiger partial charge in [0.05, 0.1) is 13.5 Å². The molecule has 0 fully saturated rings. The number of hydrogen-bond donors (Lipinski definition) is 1. The first-order valence-electron chi connectivity index (χ1n) is 4.67. The third-order valence-electron chi connectivity index (χ3n) is 1.93. The van der Waals surface area contributed by atoms with Crippen LogP contribution in [-0.4, -0.2) is 32.1 Å². The molecule has 0 amide bonds. The molecule has 0 bridgehead atoms. The van der Waals surface area contributed by atoms with Crippen LogP contribution in [0.3, 0.4) is 0 Å². The van der Waals surface area contributed by atoms with Crippen LogP contribution in [0.2, 0.25) is 0 Å². The SMILES string of the molecule is COCOC(=O)Cc1ccc(O)c(OC)c1. The molecule has 0 aliphatic rings. The highest BCUT2D eigenvalue weighted by atomic mass is 16.7. The van der Waals surface area contributed by atoms with Gasteiger partial charge in [0.15, 0.2) is 18.3 Å². The minimum atomic E-state index is -0.394. The van der Waals surface area contributed by atoms with Crippen molar-refractivity contribution in [1.82, 2.24) is 0 Å². The van der Waals surface area contributed by atoms with Gasteiger partial charge in [0, 0.05) is 7.11 Å². The Morgan fingerprint density at radius 3 is 2.75 bits per heavy atom. The zero-order valence-electron chi connectivity index (χ0n) is 9.23.